The summed E-state index contributed by atoms with van der Waals surface area (Å²) in [5.41, 5.74) is 2.07. The van der Waals surface area contributed by atoms with Crippen molar-refractivity contribution in [1.82, 2.24) is 4.72 Å². The maximum atomic E-state index is 12.0. The Morgan fingerprint density at radius 2 is 1.68 bits per heavy atom. The average Bonchev–Trinajstić information content (AvgIpc) is 2.54. The van der Waals surface area contributed by atoms with Crippen molar-refractivity contribution in [2.75, 3.05) is 19.4 Å². The molecule has 0 aliphatic rings. The van der Waals surface area contributed by atoms with Crippen LogP contribution in [0.3, 0.4) is 0 Å². The van der Waals surface area contributed by atoms with Gasteiger partial charge in [-0.15, -0.1) is 0 Å². The van der Waals surface area contributed by atoms with Crippen molar-refractivity contribution in [3.8, 4) is 5.75 Å². The molecule has 0 atom stereocenters. The molecule has 22 heavy (non-hydrogen) atoms. The molecule has 118 valence electrons. The van der Waals surface area contributed by atoms with E-state index in [1.165, 1.54) is 0 Å². The first-order valence-electron chi connectivity index (χ1n) is 7.23. The van der Waals surface area contributed by atoms with Crippen molar-refractivity contribution in [1.29, 1.82) is 0 Å². The van der Waals surface area contributed by atoms with Crippen molar-refractivity contribution in [3.63, 3.8) is 0 Å². The second-order valence-corrected chi connectivity index (χ2v) is 6.98. The number of hydrogen-bond acceptors (Lipinski definition) is 3. The quantitative estimate of drug-likeness (QED) is 0.813. The Labute approximate surface area is 132 Å². The summed E-state index contributed by atoms with van der Waals surface area (Å²) >= 11 is 0. The zero-order valence-electron chi connectivity index (χ0n) is 12.7. The number of methoxy groups -OCH3 is 1. The molecule has 0 aliphatic heterocycles. The molecule has 0 radical (unpaired) electrons. The van der Waals surface area contributed by atoms with Gasteiger partial charge in [0.05, 0.1) is 12.9 Å². The van der Waals surface area contributed by atoms with Crippen LogP contribution in [0.15, 0.2) is 54.6 Å². The lowest BCUT2D eigenvalue weighted by atomic mass is 10.2. The van der Waals surface area contributed by atoms with E-state index >= 15 is 0 Å². The minimum atomic E-state index is -3.26. The second kappa shape index (κ2) is 7.96. The number of ether oxygens (including phenoxy) is 1. The first-order chi connectivity index (χ1) is 10.6. The van der Waals surface area contributed by atoms with Crippen LogP contribution in [0.5, 0.6) is 5.75 Å². The van der Waals surface area contributed by atoms with Crippen molar-refractivity contribution >= 4 is 10.0 Å². The predicted octanol–water partition coefficient (Wildman–Crippen LogP) is 2.40. The van der Waals surface area contributed by atoms with E-state index in [-0.39, 0.29) is 5.75 Å². The third-order valence-electron chi connectivity index (χ3n) is 3.37. The molecule has 0 fully saturated rings. The van der Waals surface area contributed by atoms with Crippen LogP contribution in [0.4, 0.5) is 0 Å². The molecule has 0 spiro atoms. The molecule has 1 N–H and O–H groups in total. The van der Waals surface area contributed by atoms with Gasteiger partial charge in [-0.1, -0.05) is 42.5 Å². The average molecular weight is 319 g/mol. The molecule has 4 nitrogen and oxygen atoms in total. The smallest absolute Gasteiger partial charge is 0.211 e. The number of sulfonamides is 1. The third kappa shape index (κ3) is 5.50. The highest BCUT2D eigenvalue weighted by Gasteiger charge is 2.10. The predicted molar refractivity (Wildman–Crippen MR) is 88.6 cm³/mol. The highest BCUT2D eigenvalue weighted by atomic mass is 32.2. The van der Waals surface area contributed by atoms with Crippen molar-refractivity contribution in [2.24, 2.45) is 0 Å². The number of nitrogens with one attached hydrogen (secondary N) is 1. The van der Waals surface area contributed by atoms with Gasteiger partial charge in [0.1, 0.15) is 5.75 Å². The summed E-state index contributed by atoms with van der Waals surface area (Å²) in [5, 5.41) is 0. The summed E-state index contributed by atoms with van der Waals surface area (Å²) in [6, 6.07) is 17.3. The minimum Gasteiger partial charge on any atom is -0.497 e. The highest BCUT2D eigenvalue weighted by molar-refractivity contribution is 7.89. The standard InChI is InChI=1S/C17H21NO3S/c1-21-17-9-5-8-16(14-17)11-13-22(19,20)18-12-10-15-6-3-2-4-7-15/h2-9,14,18H,10-13H2,1H3. The van der Waals surface area contributed by atoms with Gasteiger partial charge in [0.25, 0.3) is 0 Å². The fraction of sp³-hybridized carbons (Fsp3) is 0.294. The second-order valence-electron chi connectivity index (χ2n) is 5.05. The maximum Gasteiger partial charge on any atom is 0.211 e. The lowest BCUT2D eigenvalue weighted by molar-refractivity contribution is 0.414. The number of rotatable bonds is 8. The molecule has 0 unspecified atom stereocenters. The monoisotopic (exact) mass is 319 g/mol. The summed E-state index contributed by atoms with van der Waals surface area (Å²) < 4.78 is 31.8. The largest absolute Gasteiger partial charge is 0.497 e. The van der Waals surface area contributed by atoms with Crippen molar-refractivity contribution in [2.45, 2.75) is 12.8 Å². The summed E-state index contributed by atoms with van der Waals surface area (Å²) in [7, 11) is -1.66. The van der Waals surface area contributed by atoms with Crippen LogP contribution in [0.2, 0.25) is 0 Å². The van der Waals surface area contributed by atoms with Crippen molar-refractivity contribution in [3.05, 3.63) is 65.7 Å². The molecular formula is C17H21NO3S. The summed E-state index contributed by atoms with van der Waals surface area (Å²) in [6.45, 7) is 0.421. The van der Waals surface area contributed by atoms with E-state index in [1.807, 2.05) is 54.6 Å². The SMILES string of the molecule is COc1cccc(CCS(=O)(=O)NCCc2ccccc2)c1. The zero-order chi connectivity index (χ0) is 15.8. The fourth-order valence-electron chi connectivity index (χ4n) is 2.15. The molecule has 2 aromatic rings. The van der Waals surface area contributed by atoms with Crippen LogP contribution in [-0.2, 0) is 22.9 Å². The van der Waals surface area contributed by atoms with E-state index in [0.717, 1.165) is 16.9 Å². The van der Waals surface area contributed by atoms with Crippen molar-refractivity contribution < 1.29 is 13.2 Å². The van der Waals surface area contributed by atoms with Crippen LogP contribution >= 0.6 is 0 Å². The van der Waals surface area contributed by atoms with Gasteiger partial charge in [-0.25, -0.2) is 13.1 Å². The van der Waals surface area contributed by atoms with Gasteiger partial charge < -0.3 is 4.74 Å². The summed E-state index contributed by atoms with van der Waals surface area (Å²) in [4.78, 5) is 0. The first kappa shape index (κ1) is 16.5. The normalized spacial score (nSPS) is 11.3. The number of hydrogen-bond donors (Lipinski definition) is 1. The van der Waals surface area contributed by atoms with Crippen LogP contribution in [0.1, 0.15) is 11.1 Å². The topological polar surface area (TPSA) is 55.4 Å². The van der Waals surface area contributed by atoms with Gasteiger partial charge in [-0.3, -0.25) is 0 Å². The van der Waals surface area contributed by atoms with E-state index in [0.29, 0.717) is 19.4 Å². The Morgan fingerprint density at radius 1 is 0.955 bits per heavy atom. The van der Waals surface area contributed by atoms with Crippen LogP contribution in [-0.4, -0.2) is 27.8 Å². The zero-order valence-corrected chi connectivity index (χ0v) is 13.5. The van der Waals surface area contributed by atoms with Crippen LogP contribution in [0.25, 0.3) is 0 Å². The summed E-state index contributed by atoms with van der Waals surface area (Å²) in [5.74, 6) is 0.821. The van der Waals surface area contributed by atoms with E-state index in [2.05, 4.69) is 4.72 Å². The molecule has 0 saturated carbocycles. The molecule has 0 aliphatic carbocycles. The van der Waals surface area contributed by atoms with Gasteiger partial charge in [0, 0.05) is 6.54 Å². The third-order valence-corrected chi connectivity index (χ3v) is 4.76. The molecule has 0 heterocycles. The Morgan fingerprint density at radius 3 is 2.41 bits per heavy atom. The lowest BCUT2D eigenvalue weighted by Crippen LogP contribution is -2.29. The first-order valence-corrected chi connectivity index (χ1v) is 8.88. The number of benzene rings is 2. The van der Waals surface area contributed by atoms with Gasteiger partial charge in [0.15, 0.2) is 0 Å². The molecule has 5 heteroatoms. The van der Waals surface area contributed by atoms with E-state index < -0.39 is 10.0 Å². The van der Waals surface area contributed by atoms with Gasteiger partial charge in [-0.2, -0.15) is 0 Å². The van der Waals surface area contributed by atoms with Crippen LogP contribution < -0.4 is 9.46 Å². The molecule has 2 aromatic carbocycles. The van der Waals surface area contributed by atoms with Gasteiger partial charge in [-0.05, 0) is 36.1 Å². The molecule has 0 amide bonds. The highest BCUT2D eigenvalue weighted by Crippen LogP contribution is 2.13. The van der Waals surface area contributed by atoms with E-state index in [1.54, 1.807) is 7.11 Å². The number of aryl methyl sites for hydroxylation is 1. The Bertz CT molecular complexity index is 684. The molecule has 0 aromatic heterocycles. The van der Waals surface area contributed by atoms with Gasteiger partial charge >= 0.3 is 0 Å². The summed E-state index contributed by atoms with van der Waals surface area (Å²) in [6.07, 6.45) is 1.16. The molecule has 2 rings (SSSR count). The fourth-order valence-corrected chi connectivity index (χ4v) is 3.21. The van der Waals surface area contributed by atoms with E-state index in [4.69, 9.17) is 4.74 Å². The molecule has 0 saturated heterocycles. The lowest BCUT2D eigenvalue weighted by Gasteiger charge is -2.08. The van der Waals surface area contributed by atoms with E-state index in [9.17, 15) is 8.42 Å². The minimum absolute atomic E-state index is 0.0783. The Hall–Kier alpha value is -1.85. The Kier molecular flexibility index (Phi) is 5.98. The maximum absolute atomic E-state index is 12.0. The van der Waals surface area contributed by atoms with Crippen LogP contribution in [0, 0.1) is 0 Å². The Balaban J connectivity index is 1.80. The molecule has 0 bridgehead atoms. The van der Waals surface area contributed by atoms with Gasteiger partial charge in [0.2, 0.25) is 10.0 Å². The molecular weight excluding hydrogens is 298 g/mol.